The van der Waals surface area contributed by atoms with Crippen LogP contribution in [0.3, 0.4) is 0 Å². The van der Waals surface area contributed by atoms with Gasteiger partial charge in [0.15, 0.2) is 0 Å². The van der Waals surface area contributed by atoms with E-state index < -0.39 is 0 Å². The van der Waals surface area contributed by atoms with Crippen molar-refractivity contribution >= 4 is 11.7 Å². The number of benzene rings is 1. The number of aryl methyl sites for hydroxylation is 1. The molecule has 8 nitrogen and oxygen atoms in total. The van der Waals surface area contributed by atoms with E-state index in [2.05, 4.69) is 15.3 Å². The summed E-state index contributed by atoms with van der Waals surface area (Å²) in [5.74, 6) is 1.47. The number of hydrogen-bond acceptors (Lipinski definition) is 5. The Balaban J connectivity index is 1.47. The standard InChI is InChI=1S/C23H27N5O3/c1-15-19(13-20(26(15)2)16-5-7-18(31-4)8-6-16)23(30)24-17-11-12-28(14-17)21-9-10-22(29)27(3)25-21/h5-10,13,17H,11-12,14H2,1-4H3,(H,24,30)/t17-/m0/s1. The third-order valence-electron chi connectivity index (χ3n) is 5.96. The Kier molecular flexibility index (Phi) is 5.54. The molecule has 2 aromatic heterocycles. The fourth-order valence-electron chi connectivity index (χ4n) is 3.98. The second kappa shape index (κ2) is 8.29. The van der Waals surface area contributed by atoms with E-state index in [1.807, 2.05) is 48.9 Å². The van der Waals surface area contributed by atoms with Crippen molar-refractivity contribution in [3.05, 3.63) is 64.1 Å². The van der Waals surface area contributed by atoms with Crippen LogP contribution in [0.4, 0.5) is 5.82 Å². The van der Waals surface area contributed by atoms with E-state index in [0.29, 0.717) is 12.1 Å². The zero-order valence-electron chi connectivity index (χ0n) is 18.3. The highest BCUT2D eigenvalue weighted by Gasteiger charge is 2.27. The maximum Gasteiger partial charge on any atom is 0.266 e. The summed E-state index contributed by atoms with van der Waals surface area (Å²) in [4.78, 5) is 26.7. The quantitative estimate of drug-likeness (QED) is 0.683. The number of nitrogens with one attached hydrogen (secondary N) is 1. The van der Waals surface area contributed by atoms with Gasteiger partial charge in [-0.1, -0.05) is 0 Å². The van der Waals surface area contributed by atoms with Crippen LogP contribution in [0.2, 0.25) is 0 Å². The number of amides is 1. The lowest BCUT2D eigenvalue weighted by Crippen LogP contribution is -2.37. The highest BCUT2D eigenvalue weighted by atomic mass is 16.5. The van der Waals surface area contributed by atoms with Crippen molar-refractivity contribution in [1.82, 2.24) is 19.7 Å². The maximum absolute atomic E-state index is 13.0. The third-order valence-corrected chi connectivity index (χ3v) is 5.96. The molecule has 1 amide bonds. The van der Waals surface area contributed by atoms with Crippen molar-refractivity contribution in [2.24, 2.45) is 14.1 Å². The highest BCUT2D eigenvalue weighted by Crippen LogP contribution is 2.27. The van der Waals surface area contributed by atoms with Crippen LogP contribution in [0.25, 0.3) is 11.3 Å². The number of ether oxygens (including phenoxy) is 1. The molecule has 1 aliphatic heterocycles. The number of anilines is 1. The number of rotatable bonds is 5. The van der Waals surface area contributed by atoms with Crippen molar-refractivity contribution in [3.8, 4) is 17.0 Å². The first-order valence-electron chi connectivity index (χ1n) is 10.3. The van der Waals surface area contributed by atoms with Crippen molar-refractivity contribution in [2.75, 3.05) is 25.1 Å². The van der Waals surface area contributed by atoms with Crippen LogP contribution in [0.15, 0.2) is 47.3 Å². The molecule has 3 heterocycles. The second-order valence-electron chi connectivity index (χ2n) is 7.87. The monoisotopic (exact) mass is 421 g/mol. The first-order chi connectivity index (χ1) is 14.9. The molecule has 1 N–H and O–H groups in total. The first kappa shape index (κ1) is 20.7. The van der Waals surface area contributed by atoms with Crippen LogP contribution in [-0.4, -0.2) is 46.5 Å². The van der Waals surface area contributed by atoms with E-state index in [1.165, 1.54) is 10.7 Å². The Morgan fingerprint density at radius 1 is 1.16 bits per heavy atom. The SMILES string of the molecule is COc1ccc(-c2cc(C(=O)N[C@H]3CCN(c4ccc(=O)n(C)n4)C3)c(C)n2C)cc1. The smallest absolute Gasteiger partial charge is 0.266 e. The molecule has 1 fully saturated rings. The summed E-state index contributed by atoms with van der Waals surface area (Å²) in [6, 6.07) is 13.0. The molecule has 8 heteroatoms. The number of carbonyl (C=O) groups excluding carboxylic acids is 1. The van der Waals surface area contributed by atoms with Gasteiger partial charge in [-0.15, -0.1) is 0 Å². The van der Waals surface area contributed by atoms with Gasteiger partial charge in [0.25, 0.3) is 11.5 Å². The van der Waals surface area contributed by atoms with Crippen LogP contribution in [-0.2, 0) is 14.1 Å². The summed E-state index contributed by atoms with van der Waals surface area (Å²) in [5.41, 5.74) is 3.45. The van der Waals surface area contributed by atoms with Crippen molar-refractivity contribution in [1.29, 1.82) is 0 Å². The molecule has 0 spiro atoms. The molecule has 1 aromatic carbocycles. The van der Waals surface area contributed by atoms with Crippen LogP contribution in [0.5, 0.6) is 5.75 Å². The molecular weight excluding hydrogens is 394 g/mol. The number of carbonyl (C=O) groups is 1. The molecule has 0 radical (unpaired) electrons. The largest absolute Gasteiger partial charge is 0.497 e. The average molecular weight is 422 g/mol. The molecule has 162 valence electrons. The molecule has 0 saturated carbocycles. The van der Waals surface area contributed by atoms with E-state index >= 15 is 0 Å². The molecule has 1 saturated heterocycles. The Hall–Kier alpha value is -3.55. The predicted molar refractivity (Wildman–Crippen MR) is 120 cm³/mol. The number of aromatic nitrogens is 3. The van der Waals surface area contributed by atoms with Gasteiger partial charge in [-0.2, -0.15) is 5.10 Å². The van der Waals surface area contributed by atoms with Crippen LogP contribution in [0, 0.1) is 6.92 Å². The van der Waals surface area contributed by atoms with Crippen molar-refractivity contribution < 1.29 is 9.53 Å². The predicted octanol–water partition coefficient (Wildman–Crippen LogP) is 2.11. The lowest BCUT2D eigenvalue weighted by atomic mass is 10.1. The van der Waals surface area contributed by atoms with E-state index in [9.17, 15) is 9.59 Å². The van der Waals surface area contributed by atoms with E-state index in [4.69, 9.17) is 4.74 Å². The second-order valence-corrected chi connectivity index (χ2v) is 7.87. The fraction of sp³-hybridized carbons (Fsp3) is 0.348. The van der Waals surface area contributed by atoms with E-state index in [-0.39, 0.29) is 17.5 Å². The molecule has 4 rings (SSSR count). The molecular formula is C23H27N5O3. The zero-order valence-corrected chi connectivity index (χ0v) is 18.3. The number of methoxy groups -OCH3 is 1. The Morgan fingerprint density at radius 3 is 2.58 bits per heavy atom. The lowest BCUT2D eigenvalue weighted by Gasteiger charge is -2.18. The van der Waals surface area contributed by atoms with Crippen molar-refractivity contribution in [2.45, 2.75) is 19.4 Å². The minimum atomic E-state index is -0.139. The topological polar surface area (TPSA) is 81.4 Å². The first-order valence-corrected chi connectivity index (χ1v) is 10.3. The summed E-state index contributed by atoms with van der Waals surface area (Å²) in [6.07, 6.45) is 0.827. The van der Waals surface area contributed by atoms with Crippen molar-refractivity contribution in [3.63, 3.8) is 0 Å². The Labute approximate surface area is 181 Å². The molecule has 0 aliphatic carbocycles. The van der Waals surface area contributed by atoms with E-state index in [1.54, 1.807) is 20.2 Å². The molecule has 31 heavy (non-hydrogen) atoms. The van der Waals surface area contributed by atoms with Crippen LogP contribution >= 0.6 is 0 Å². The summed E-state index contributed by atoms with van der Waals surface area (Å²) in [6.45, 7) is 3.40. The Bertz CT molecular complexity index is 1160. The Morgan fingerprint density at radius 2 is 1.90 bits per heavy atom. The van der Waals surface area contributed by atoms with Crippen LogP contribution < -0.4 is 20.5 Å². The molecule has 1 aliphatic rings. The van der Waals surface area contributed by atoms with Gasteiger partial charge in [-0.05, 0) is 55.3 Å². The molecule has 0 unspecified atom stereocenters. The zero-order chi connectivity index (χ0) is 22.1. The van der Waals surface area contributed by atoms with E-state index in [0.717, 1.165) is 41.5 Å². The number of nitrogens with zero attached hydrogens (tertiary/aromatic N) is 4. The minimum absolute atomic E-state index is 0.0237. The van der Waals surface area contributed by atoms with Gasteiger partial charge in [-0.3, -0.25) is 9.59 Å². The third kappa shape index (κ3) is 4.05. The average Bonchev–Trinajstić information content (AvgIpc) is 3.35. The van der Waals surface area contributed by atoms with Gasteiger partial charge in [0.1, 0.15) is 11.6 Å². The van der Waals surface area contributed by atoms with Crippen LogP contribution in [0.1, 0.15) is 22.5 Å². The van der Waals surface area contributed by atoms with Gasteiger partial charge in [0.05, 0.1) is 12.7 Å². The van der Waals surface area contributed by atoms with Gasteiger partial charge < -0.3 is 19.5 Å². The highest BCUT2D eigenvalue weighted by molar-refractivity contribution is 5.97. The van der Waals surface area contributed by atoms with Gasteiger partial charge in [-0.25, -0.2) is 4.68 Å². The lowest BCUT2D eigenvalue weighted by molar-refractivity contribution is 0.0939. The van der Waals surface area contributed by atoms with Gasteiger partial charge in [0.2, 0.25) is 0 Å². The molecule has 0 bridgehead atoms. The van der Waals surface area contributed by atoms with Gasteiger partial charge >= 0.3 is 0 Å². The summed E-state index contributed by atoms with van der Waals surface area (Å²) >= 11 is 0. The maximum atomic E-state index is 13.0. The number of hydrogen-bond donors (Lipinski definition) is 1. The molecule has 1 atom stereocenters. The van der Waals surface area contributed by atoms with Gasteiger partial charge in [0, 0.05) is 50.7 Å². The minimum Gasteiger partial charge on any atom is -0.497 e. The normalized spacial score (nSPS) is 15.9. The summed E-state index contributed by atoms with van der Waals surface area (Å²) in [5, 5.41) is 7.47. The fourth-order valence-corrected chi connectivity index (χ4v) is 3.98. The summed E-state index contributed by atoms with van der Waals surface area (Å²) < 4.78 is 8.60. The summed E-state index contributed by atoms with van der Waals surface area (Å²) in [7, 11) is 5.25. The molecule has 3 aromatic rings.